The van der Waals surface area contributed by atoms with E-state index in [1.807, 2.05) is 19.0 Å². The van der Waals surface area contributed by atoms with Crippen LogP contribution in [0.1, 0.15) is 0 Å². The Balaban J connectivity index is 2.87. The first kappa shape index (κ1) is 13.6. The molecule has 1 aromatic rings. The lowest BCUT2D eigenvalue weighted by Crippen LogP contribution is -2.28. The molecule has 0 aromatic carbocycles. The van der Waals surface area contributed by atoms with Gasteiger partial charge in [-0.15, -0.1) is 6.42 Å². The summed E-state index contributed by atoms with van der Waals surface area (Å²) in [5, 5.41) is 7.15. The number of rotatable bonds is 5. The lowest BCUT2D eigenvalue weighted by atomic mass is 10.4. The maximum absolute atomic E-state index is 11.9. The van der Waals surface area contributed by atoms with Crippen LogP contribution in [0.4, 0.5) is 5.69 Å². The summed E-state index contributed by atoms with van der Waals surface area (Å²) in [6.07, 6.45) is 6.56. The maximum Gasteiger partial charge on any atom is 0.292 e. The zero-order valence-corrected chi connectivity index (χ0v) is 10.7. The first-order valence-corrected chi connectivity index (χ1v) is 5.51. The minimum absolute atomic E-state index is 0.137. The van der Waals surface area contributed by atoms with Crippen molar-refractivity contribution in [2.24, 2.45) is 0 Å². The second-order valence-corrected chi connectivity index (χ2v) is 4.17. The van der Waals surface area contributed by atoms with Gasteiger partial charge in [0.2, 0.25) is 0 Å². The Morgan fingerprint density at radius 3 is 2.94 bits per heavy atom. The normalized spacial score (nSPS) is 10.3. The van der Waals surface area contributed by atoms with Crippen molar-refractivity contribution in [1.29, 1.82) is 0 Å². The molecule has 6 heteroatoms. The highest BCUT2D eigenvalue weighted by molar-refractivity contribution is 6.32. The summed E-state index contributed by atoms with van der Waals surface area (Å²) < 4.78 is 1.20. The highest BCUT2D eigenvalue weighted by Gasteiger charge is 2.08. The van der Waals surface area contributed by atoms with E-state index in [0.29, 0.717) is 17.3 Å². The van der Waals surface area contributed by atoms with E-state index in [1.165, 1.54) is 10.9 Å². The van der Waals surface area contributed by atoms with Crippen LogP contribution in [0.3, 0.4) is 0 Å². The van der Waals surface area contributed by atoms with Crippen LogP contribution < -0.4 is 10.9 Å². The van der Waals surface area contributed by atoms with Gasteiger partial charge in [0, 0.05) is 13.1 Å². The highest BCUT2D eigenvalue weighted by Crippen LogP contribution is 2.14. The van der Waals surface area contributed by atoms with Crippen LogP contribution in [0.2, 0.25) is 5.02 Å². The van der Waals surface area contributed by atoms with Crippen LogP contribution in [0.5, 0.6) is 0 Å². The van der Waals surface area contributed by atoms with Gasteiger partial charge in [0.15, 0.2) is 0 Å². The molecule has 1 N–H and O–H groups in total. The predicted molar refractivity (Wildman–Crippen MR) is 69.4 cm³/mol. The first-order valence-electron chi connectivity index (χ1n) is 5.14. The van der Waals surface area contributed by atoms with E-state index >= 15 is 0 Å². The number of anilines is 1. The molecule has 1 rings (SSSR count). The van der Waals surface area contributed by atoms with Gasteiger partial charge in [-0.1, -0.05) is 17.5 Å². The number of hydrogen-bond donors (Lipinski definition) is 1. The topological polar surface area (TPSA) is 50.2 Å². The molecule has 0 spiro atoms. The Morgan fingerprint density at radius 1 is 1.65 bits per heavy atom. The number of halogens is 1. The van der Waals surface area contributed by atoms with Crippen LogP contribution in [-0.2, 0) is 6.54 Å². The van der Waals surface area contributed by atoms with Crippen molar-refractivity contribution < 1.29 is 0 Å². The van der Waals surface area contributed by atoms with Crippen molar-refractivity contribution in [2.75, 3.05) is 32.5 Å². The smallest absolute Gasteiger partial charge is 0.292 e. The molecule has 0 amide bonds. The molecule has 17 heavy (non-hydrogen) atoms. The quantitative estimate of drug-likeness (QED) is 0.778. The van der Waals surface area contributed by atoms with Crippen molar-refractivity contribution in [3.8, 4) is 12.3 Å². The van der Waals surface area contributed by atoms with Crippen molar-refractivity contribution >= 4 is 17.3 Å². The van der Waals surface area contributed by atoms with E-state index in [9.17, 15) is 4.79 Å². The van der Waals surface area contributed by atoms with Gasteiger partial charge in [0.1, 0.15) is 12.2 Å². The summed E-state index contributed by atoms with van der Waals surface area (Å²) in [7, 11) is 3.90. The predicted octanol–water partition coefficient (Wildman–Crippen LogP) is 0.503. The molecule has 1 aromatic heterocycles. The second-order valence-electron chi connectivity index (χ2n) is 3.76. The second kappa shape index (κ2) is 6.28. The standard InChI is InChI=1S/C11H15ClN4O/c1-4-6-16-11(17)10(9(12)8-14-16)13-5-7-15(2)3/h1,8,13H,5-7H2,2-3H3. The molecule has 1 heterocycles. The molecule has 0 aliphatic rings. The molecule has 0 aliphatic heterocycles. The van der Waals surface area contributed by atoms with Crippen molar-refractivity contribution in [3.63, 3.8) is 0 Å². The van der Waals surface area contributed by atoms with Crippen molar-refractivity contribution in [1.82, 2.24) is 14.7 Å². The number of likely N-dealkylation sites (N-methyl/N-ethyl adjacent to an activating group) is 1. The third-order valence-corrected chi connectivity index (χ3v) is 2.39. The van der Waals surface area contributed by atoms with Gasteiger partial charge in [-0.2, -0.15) is 5.10 Å². The van der Waals surface area contributed by atoms with Gasteiger partial charge < -0.3 is 10.2 Å². The number of terminal acetylenes is 1. The van der Waals surface area contributed by atoms with E-state index in [2.05, 4.69) is 16.3 Å². The average Bonchev–Trinajstić information content (AvgIpc) is 2.27. The Hall–Kier alpha value is -1.51. The van der Waals surface area contributed by atoms with Gasteiger partial charge in [-0.3, -0.25) is 4.79 Å². The molecule has 0 atom stereocenters. The zero-order valence-electron chi connectivity index (χ0n) is 9.90. The van der Waals surface area contributed by atoms with Crippen LogP contribution in [-0.4, -0.2) is 41.9 Å². The Labute approximate surface area is 105 Å². The van der Waals surface area contributed by atoms with Crippen LogP contribution in [0.25, 0.3) is 0 Å². The summed E-state index contributed by atoms with van der Waals surface area (Å²) in [6.45, 7) is 1.56. The molecule has 0 saturated heterocycles. The van der Waals surface area contributed by atoms with E-state index in [-0.39, 0.29) is 12.1 Å². The van der Waals surface area contributed by atoms with Gasteiger partial charge in [0.25, 0.3) is 5.56 Å². The fraction of sp³-hybridized carbons (Fsp3) is 0.455. The van der Waals surface area contributed by atoms with Crippen LogP contribution >= 0.6 is 11.6 Å². The third kappa shape index (κ3) is 3.77. The molecule has 92 valence electrons. The number of aromatic nitrogens is 2. The van der Waals surface area contributed by atoms with E-state index < -0.39 is 0 Å². The largest absolute Gasteiger partial charge is 0.378 e. The lowest BCUT2D eigenvalue weighted by Gasteiger charge is -2.12. The summed E-state index contributed by atoms with van der Waals surface area (Å²) in [6, 6.07) is 0. The Kier molecular flexibility index (Phi) is 5.01. The molecule has 0 saturated carbocycles. The molecule has 5 nitrogen and oxygen atoms in total. The zero-order chi connectivity index (χ0) is 12.8. The summed E-state index contributed by atoms with van der Waals surface area (Å²) in [5.74, 6) is 2.37. The highest BCUT2D eigenvalue weighted by atomic mass is 35.5. The molecule has 0 bridgehead atoms. The third-order valence-electron chi connectivity index (χ3n) is 2.10. The maximum atomic E-state index is 11.9. The molecule has 0 unspecified atom stereocenters. The Morgan fingerprint density at radius 2 is 2.35 bits per heavy atom. The summed E-state index contributed by atoms with van der Waals surface area (Å²) in [4.78, 5) is 13.9. The van der Waals surface area contributed by atoms with Crippen LogP contribution in [0, 0.1) is 12.3 Å². The SMILES string of the molecule is C#CCn1ncc(Cl)c(NCCN(C)C)c1=O. The van der Waals surface area contributed by atoms with Crippen molar-refractivity contribution in [2.45, 2.75) is 6.54 Å². The van der Waals surface area contributed by atoms with Gasteiger partial charge in [0.05, 0.1) is 11.2 Å². The first-order chi connectivity index (χ1) is 8.06. The molecular weight excluding hydrogens is 240 g/mol. The monoisotopic (exact) mass is 254 g/mol. The number of hydrogen-bond acceptors (Lipinski definition) is 4. The minimum atomic E-state index is -0.297. The fourth-order valence-electron chi connectivity index (χ4n) is 1.23. The van der Waals surface area contributed by atoms with E-state index in [4.69, 9.17) is 18.0 Å². The molecule has 0 aliphatic carbocycles. The molecular formula is C11H15ClN4O. The average molecular weight is 255 g/mol. The van der Waals surface area contributed by atoms with Gasteiger partial charge in [-0.25, -0.2) is 4.68 Å². The summed E-state index contributed by atoms with van der Waals surface area (Å²) >= 11 is 5.91. The number of nitrogens with zero attached hydrogens (tertiary/aromatic N) is 3. The molecule has 0 fully saturated rings. The lowest BCUT2D eigenvalue weighted by molar-refractivity contribution is 0.425. The Bertz CT molecular complexity index is 475. The fourth-order valence-corrected chi connectivity index (χ4v) is 1.42. The van der Waals surface area contributed by atoms with Crippen LogP contribution in [0.15, 0.2) is 11.0 Å². The van der Waals surface area contributed by atoms with Gasteiger partial charge >= 0.3 is 0 Å². The summed E-state index contributed by atoms with van der Waals surface area (Å²) in [5.41, 5.74) is 0.0490. The minimum Gasteiger partial charge on any atom is -0.378 e. The van der Waals surface area contributed by atoms with Gasteiger partial charge in [-0.05, 0) is 14.1 Å². The molecule has 0 radical (unpaired) electrons. The van der Waals surface area contributed by atoms with Crippen molar-refractivity contribution in [3.05, 3.63) is 21.6 Å². The number of nitrogens with one attached hydrogen (secondary N) is 1. The van der Waals surface area contributed by atoms with E-state index in [0.717, 1.165) is 6.54 Å². The van der Waals surface area contributed by atoms with E-state index in [1.54, 1.807) is 0 Å².